The van der Waals surface area contributed by atoms with E-state index < -0.39 is 23.8 Å². The van der Waals surface area contributed by atoms with Crippen LogP contribution in [-0.4, -0.2) is 40.3 Å². The van der Waals surface area contributed by atoms with Gasteiger partial charge >= 0.3 is 6.18 Å². The Morgan fingerprint density at radius 2 is 2.12 bits per heavy atom. The van der Waals surface area contributed by atoms with E-state index in [1.54, 1.807) is 13.0 Å². The van der Waals surface area contributed by atoms with E-state index in [0.717, 1.165) is 17.8 Å². The van der Waals surface area contributed by atoms with E-state index in [1.807, 2.05) is 0 Å². The molecule has 1 aliphatic rings. The molecule has 0 unspecified atom stereocenters. The van der Waals surface area contributed by atoms with Gasteiger partial charge in [-0.15, -0.1) is 0 Å². The highest BCUT2D eigenvalue weighted by atomic mass is 19.4. The minimum absolute atomic E-state index is 0.0433. The molecule has 3 rings (SSSR count). The number of likely N-dealkylation sites (tertiary alicyclic amines) is 1. The quantitative estimate of drug-likeness (QED) is 0.920. The zero-order valence-electron chi connectivity index (χ0n) is 13.5. The summed E-state index contributed by atoms with van der Waals surface area (Å²) in [4.78, 5) is 13.9. The molecule has 1 N–H and O–H groups in total. The number of hydrogen-bond acceptors (Lipinski definition) is 4. The van der Waals surface area contributed by atoms with Crippen LogP contribution in [0.4, 0.5) is 13.2 Å². The van der Waals surface area contributed by atoms with Gasteiger partial charge in [0.25, 0.3) is 5.91 Å². The van der Waals surface area contributed by atoms with Gasteiger partial charge in [-0.1, -0.05) is 11.2 Å². The van der Waals surface area contributed by atoms with E-state index in [4.69, 9.17) is 4.52 Å². The van der Waals surface area contributed by atoms with E-state index in [9.17, 15) is 23.1 Å². The molecule has 0 radical (unpaired) electrons. The third-order valence-electron chi connectivity index (χ3n) is 4.27. The summed E-state index contributed by atoms with van der Waals surface area (Å²) in [7, 11) is 0. The molecule has 1 aromatic heterocycles. The number of aliphatic hydroxyl groups excluding tert-OH is 1. The van der Waals surface area contributed by atoms with Crippen LogP contribution in [0.3, 0.4) is 0 Å². The highest BCUT2D eigenvalue weighted by molar-refractivity contribution is 5.94. The van der Waals surface area contributed by atoms with E-state index in [2.05, 4.69) is 5.16 Å². The molecule has 25 heavy (non-hydrogen) atoms. The number of aromatic nitrogens is 1. The lowest BCUT2D eigenvalue weighted by Crippen LogP contribution is -2.29. The lowest BCUT2D eigenvalue weighted by molar-refractivity contribution is -0.137. The second kappa shape index (κ2) is 6.51. The maximum Gasteiger partial charge on any atom is 0.416 e. The van der Waals surface area contributed by atoms with Gasteiger partial charge in [0.15, 0.2) is 0 Å². The van der Waals surface area contributed by atoms with Gasteiger partial charge in [0, 0.05) is 37.1 Å². The summed E-state index contributed by atoms with van der Waals surface area (Å²) in [6.07, 6.45) is -4.86. The van der Waals surface area contributed by atoms with E-state index in [1.165, 1.54) is 17.0 Å². The number of halogens is 3. The third-order valence-corrected chi connectivity index (χ3v) is 4.27. The second-order valence-corrected chi connectivity index (χ2v) is 6.25. The first-order chi connectivity index (χ1) is 11.7. The summed E-state index contributed by atoms with van der Waals surface area (Å²) in [5.74, 6) is -0.168. The molecule has 8 heteroatoms. The lowest BCUT2D eigenvalue weighted by Gasteiger charge is -2.17. The molecule has 1 fully saturated rings. The Labute approximate surface area is 142 Å². The van der Waals surface area contributed by atoms with Gasteiger partial charge in [0.2, 0.25) is 0 Å². The van der Waals surface area contributed by atoms with Crippen molar-refractivity contribution in [3.63, 3.8) is 0 Å². The summed E-state index contributed by atoms with van der Waals surface area (Å²) < 4.78 is 43.5. The smallest absolute Gasteiger partial charge is 0.391 e. The molecule has 0 spiro atoms. The predicted octanol–water partition coefficient (Wildman–Crippen LogP) is 2.68. The van der Waals surface area contributed by atoms with Crippen molar-refractivity contribution < 1.29 is 27.6 Å². The van der Waals surface area contributed by atoms with E-state index in [-0.39, 0.29) is 24.6 Å². The van der Waals surface area contributed by atoms with Crippen LogP contribution in [-0.2, 0) is 12.6 Å². The topological polar surface area (TPSA) is 66.6 Å². The number of aliphatic hydroxyl groups is 1. The third kappa shape index (κ3) is 3.84. The molecule has 1 aliphatic heterocycles. The lowest BCUT2D eigenvalue weighted by atomic mass is 10.0. The molecule has 0 saturated carbocycles. The summed E-state index contributed by atoms with van der Waals surface area (Å²) in [5, 5.41) is 13.9. The molecular formula is C17H17F3N2O3. The van der Waals surface area contributed by atoms with Crippen LogP contribution in [0, 0.1) is 12.8 Å². The Kier molecular flexibility index (Phi) is 4.55. The highest BCUT2D eigenvalue weighted by Gasteiger charge is 2.36. The maximum atomic E-state index is 12.8. The first kappa shape index (κ1) is 17.5. The summed E-state index contributed by atoms with van der Waals surface area (Å²) in [6, 6.07) is 6.06. The number of carbonyl (C=O) groups is 1. The standard InChI is InChI=1S/C17H17F3N2O3/c1-10-5-14(25-21-10)7-12-8-22(9-15(12)23)16(24)11-3-2-4-13(6-11)17(18,19)20/h2-6,12,15,23H,7-9H2,1H3/t12-,15+/m1/s1. The highest BCUT2D eigenvalue weighted by Crippen LogP contribution is 2.30. The number of carbonyl (C=O) groups excluding carboxylic acids is 1. The SMILES string of the molecule is Cc1cc(C[C@@H]2CN(C(=O)c3cccc(C(F)(F)F)c3)C[C@@H]2O)on1. The van der Waals surface area contributed by atoms with Gasteiger partial charge in [0.1, 0.15) is 5.76 Å². The number of rotatable bonds is 3. The Morgan fingerprint density at radius 1 is 1.36 bits per heavy atom. The molecule has 0 bridgehead atoms. The van der Waals surface area contributed by atoms with Crippen molar-refractivity contribution in [2.45, 2.75) is 25.6 Å². The van der Waals surface area contributed by atoms with Gasteiger partial charge in [-0.2, -0.15) is 13.2 Å². The number of hydrogen-bond donors (Lipinski definition) is 1. The largest absolute Gasteiger partial charge is 0.416 e. The zero-order chi connectivity index (χ0) is 18.2. The summed E-state index contributed by atoms with van der Waals surface area (Å²) in [6.45, 7) is 2.10. The molecule has 2 heterocycles. The number of aryl methyl sites for hydroxylation is 1. The van der Waals surface area contributed by atoms with Crippen molar-refractivity contribution in [3.05, 3.63) is 52.9 Å². The Bertz CT molecular complexity index is 772. The van der Waals surface area contributed by atoms with E-state index in [0.29, 0.717) is 12.2 Å². The van der Waals surface area contributed by atoms with Crippen molar-refractivity contribution in [1.82, 2.24) is 10.1 Å². The minimum Gasteiger partial charge on any atom is -0.391 e. The molecule has 2 atom stereocenters. The fraction of sp³-hybridized carbons (Fsp3) is 0.412. The second-order valence-electron chi connectivity index (χ2n) is 6.25. The van der Waals surface area contributed by atoms with Crippen LogP contribution < -0.4 is 0 Å². The molecular weight excluding hydrogens is 337 g/mol. The molecule has 0 aliphatic carbocycles. The van der Waals surface area contributed by atoms with Gasteiger partial charge in [-0.25, -0.2) is 0 Å². The van der Waals surface area contributed by atoms with Crippen LogP contribution >= 0.6 is 0 Å². The van der Waals surface area contributed by atoms with Crippen LogP contribution in [0.5, 0.6) is 0 Å². The molecule has 5 nitrogen and oxygen atoms in total. The fourth-order valence-electron chi connectivity index (χ4n) is 3.00. The average molecular weight is 354 g/mol. The van der Waals surface area contributed by atoms with Crippen LogP contribution in [0.25, 0.3) is 0 Å². The van der Waals surface area contributed by atoms with Crippen LogP contribution in [0.1, 0.15) is 27.4 Å². The Hall–Kier alpha value is -2.35. The number of benzene rings is 1. The van der Waals surface area contributed by atoms with Crippen molar-refractivity contribution >= 4 is 5.91 Å². The van der Waals surface area contributed by atoms with E-state index >= 15 is 0 Å². The molecule has 134 valence electrons. The first-order valence-electron chi connectivity index (χ1n) is 7.81. The summed E-state index contributed by atoms with van der Waals surface area (Å²) in [5.41, 5.74) is -0.190. The van der Waals surface area contributed by atoms with Crippen LogP contribution in [0.15, 0.2) is 34.9 Å². The maximum absolute atomic E-state index is 12.8. The summed E-state index contributed by atoms with van der Waals surface area (Å²) >= 11 is 0. The van der Waals surface area contributed by atoms with Gasteiger partial charge in [-0.3, -0.25) is 4.79 Å². The monoisotopic (exact) mass is 354 g/mol. The normalized spacial score (nSPS) is 20.9. The minimum atomic E-state index is -4.51. The van der Waals surface area contributed by atoms with Gasteiger partial charge in [-0.05, 0) is 25.1 Å². The fourth-order valence-corrected chi connectivity index (χ4v) is 3.00. The predicted molar refractivity (Wildman–Crippen MR) is 81.8 cm³/mol. The Balaban J connectivity index is 1.71. The van der Waals surface area contributed by atoms with Gasteiger partial charge in [0.05, 0.1) is 17.4 Å². The van der Waals surface area contributed by atoms with Crippen LogP contribution in [0.2, 0.25) is 0 Å². The number of β-amino-alcohol motifs (C(OH)–C–C–N with tert-alkyl or cyclic N) is 1. The zero-order valence-corrected chi connectivity index (χ0v) is 13.5. The number of amides is 1. The average Bonchev–Trinajstić information content (AvgIpc) is 3.12. The van der Waals surface area contributed by atoms with Crippen molar-refractivity contribution in [3.8, 4) is 0 Å². The van der Waals surface area contributed by atoms with Gasteiger partial charge < -0.3 is 14.5 Å². The van der Waals surface area contributed by atoms with Crippen molar-refractivity contribution in [2.24, 2.45) is 5.92 Å². The molecule has 1 saturated heterocycles. The first-order valence-corrected chi connectivity index (χ1v) is 7.81. The molecule has 1 aromatic carbocycles. The number of nitrogens with zero attached hydrogens (tertiary/aromatic N) is 2. The van der Waals surface area contributed by atoms with Crippen molar-refractivity contribution in [1.29, 1.82) is 0 Å². The molecule has 2 aromatic rings. The Morgan fingerprint density at radius 3 is 2.76 bits per heavy atom. The molecule has 1 amide bonds. The van der Waals surface area contributed by atoms with Crippen molar-refractivity contribution in [2.75, 3.05) is 13.1 Å². The number of alkyl halides is 3.